The maximum Gasteiger partial charge on any atom is 0.140 e. The van der Waals surface area contributed by atoms with Crippen molar-refractivity contribution in [1.29, 1.82) is 0 Å². The Morgan fingerprint density at radius 1 is 1.11 bits per heavy atom. The molecular formula is C16H22O2. The highest BCUT2D eigenvalue weighted by Crippen LogP contribution is 2.25. The van der Waals surface area contributed by atoms with Crippen LogP contribution in [-0.4, -0.2) is 12.9 Å². The molecule has 0 atom stereocenters. The molecule has 0 saturated heterocycles. The number of ketones is 1. The summed E-state index contributed by atoms with van der Waals surface area (Å²) in [5.41, 5.74) is 1.10. The molecular weight excluding hydrogens is 224 g/mol. The van der Waals surface area contributed by atoms with Gasteiger partial charge in [0.05, 0.1) is 7.11 Å². The van der Waals surface area contributed by atoms with E-state index in [4.69, 9.17) is 4.74 Å². The lowest BCUT2D eigenvalue weighted by atomic mass is 9.91. The van der Waals surface area contributed by atoms with E-state index in [1.165, 1.54) is 25.7 Å². The molecule has 0 amide bonds. The number of carbonyl (C=O) groups excluding carboxylic acids is 1. The Labute approximate surface area is 109 Å². The van der Waals surface area contributed by atoms with Gasteiger partial charge in [-0.3, -0.25) is 4.79 Å². The Morgan fingerprint density at radius 3 is 2.28 bits per heavy atom. The van der Waals surface area contributed by atoms with Crippen LogP contribution >= 0.6 is 0 Å². The topological polar surface area (TPSA) is 26.3 Å². The first-order valence-electron chi connectivity index (χ1n) is 6.95. The van der Waals surface area contributed by atoms with Gasteiger partial charge in [0, 0.05) is 12.3 Å². The van der Waals surface area contributed by atoms with Crippen molar-refractivity contribution in [2.24, 2.45) is 5.92 Å². The van der Waals surface area contributed by atoms with Crippen LogP contribution in [0.3, 0.4) is 0 Å². The zero-order chi connectivity index (χ0) is 12.8. The fraction of sp³-hybridized carbons (Fsp3) is 0.562. The summed E-state index contributed by atoms with van der Waals surface area (Å²) in [7, 11) is 1.66. The minimum absolute atomic E-state index is 0.301. The highest BCUT2D eigenvalue weighted by molar-refractivity contribution is 5.83. The molecule has 2 heteroatoms. The summed E-state index contributed by atoms with van der Waals surface area (Å²) in [6, 6.07) is 7.84. The van der Waals surface area contributed by atoms with Crippen LogP contribution < -0.4 is 4.74 Å². The van der Waals surface area contributed by atoms with Crippen LogP contribution in [0.2, 0.25) is 0 Å². The van der Waals surface area contributed by atoms with E-state index in [2.05, 4.69) is 0 Å². The zero-order valence-corrected chi connectivity index (χ0v) is 11.2. The normalized spacial score (nSPS) is 17.2. The second-order valence-corrected chi connectivity index (χ2v) is 5.18. The van der Waals surface area contributed by atoms with Gasteiger partial charge >= 0.3 is 0 Å². The van der Waals surface area contributed by atoms with E-state index in [-0.39, 0.29) is 0 Å². The number of rotatable bonds is 4. The molecule has 1 saturated carbocycles. The molecule has 0 aromatic heterocycles. The van der Waals surface area contributed by atoms with Crippen molar-refractivity contribution in [2.45, 2.75) is 44.9 Å². The van der Waals surface area contributed by atoms with Crippen LogP contribution in [0.1, 0.15) is 44.1 Å². The van der Waals surface area contributed by atoms with Gasteiger partial charge in [-0.15, -0.1) is 0 Å². The minimum atomic E-state index is 0.301. The van der Waals surface area contributed by atoms with Gasteiger partial charge in [-0.25, -0.2) is 0 Å². The summed E-state index contributed by atoms with van der Waals surface area (Å²) in [4.78, 5) is 12.2. The van der Waals surface area contributed by atoms with E-state index < -0.39 is 0 Å². The SMILES string of the molecule is COc1ccc(CC(=O)C2CCCCCC2)cc1. The Morgan fingerprint density at radius 2 is 1.72 bits per heavy atom. The first-order chi connectivity index (χ1) is 8.79. The third-order valence-corrected chi connectivity index (χ3v) is 3.85. The molecule has 2 rings (SSSR count). The molecule has 1 fully saturated rings. The summed E-state index contributed by atoms with van der Waals surface area (Å²) >= 11 is 0. The molecule has 1 aromatic carbocycles. The molecule has 0 N–H and O–H groups in total. The van der Waals surface area contributed by atoms with Gasteiger partial charge in [-0.05, 0) is 30.5 Å². The molecule has 0 aliphatic heterocycles. The average Bonchev–Trinajstić information content (AvgIpc) is 2.68. The molecule has 1 aliphatic rings. The van der Waals surface area contributed by atoms with Crippen LogP contribution in [0.4, 0.5) is 0 Å². The van der Waals surface area contributed by atoms with Crippen LogP contribution in [0.5, 0.6) is 5.75 Å². The molecule has 0 spiro atoms. The van der Waals surface area contributed by atoms with E-state index in [0.29, 0.717) is 18.1 Å². The van der Waals surface area contributed by atoms with Crippen molar-refractivity contribution in [3.8, 4) is 5.75 Å². The van der Waals surface area contributed by atoms with Gasteiger partial charge < -0.3 is 4.74 Å². The standard InChI is InChI=1S/C16H22O2/c1-18-15-10-8-13(9-11-15)12-16(17)14-6-4-2-3-5-7-14/h8-11,14H,2-7,12H2,1H3. The maximum atomic E-state index is 12.2. The lowest BCUT2D eigenvalue weighted by Gasteiger charge is -2.12. The molecule has 98 valence electrons. The summed E-state index contributed by atoms with van der Waals surface area (Å²) in [6.45, 7) is 0. The predicted octanol–water partition coefficient (Wildman–Crippen LogP) is 3.78. The van der Waals surface area contributed by atoms with E-state index >= 15 is 0 Å². The number of hydrogen-bond donors (Lipinski definition) is 0. The average molecular weight is 246 g/mol. The largest absolute Gasteiger partial charge is 0.497 e. The Bertz CT molecular complexity index is 373. The van der Waals surface area contributed by atoms with E-state index in [0.717, 1.165) is 24.2 Å². The van der Waals surface area contributed by atoms with E-state index in [9.17, 15) is 4.79 Å². The molecule has 0 unspecified atom stereocenters. The van der Waals surface area contributed by atoms with Crippen LogP contribution in [0, 0.1) is 5.92 Å². The van der Waals surface area contributed by atoms with Crippen LogP contribution in [0.25, 0.3) is 0 Å². The summed E-state index contributed by atoms with van der Waals surface area (Å²) in [5, 5.41) is 0. The molecule has 1 aliphatic carbocycles. The Hall–Kier alpha value is -1.31. The van der Waals surface area contributed by atoms with Gasteiger partial charge in [0.1, 0.15) is 11.5 Å². The van der Waals surface area contributed by atoms with Gasteiger partial charge in [-0.2, -0.15) is 0 Å². The van der Waals surface area contributed by atoms with E-state index in [1.807, 2.05) is 24.3 Å². The smallest absolute Gasteiger partial charge is 0.140 e. The molecule has 0 bridgehead atoms. The number of hydrogen-bond acceptors (Lipinski definition) is 2. The van der Waals surface area contributed by atoms with Crippen molar-refractivity contribution in [1.82, 2.24) is 0 Å². The van der Waals surface area contributed by atoms with E-state index in [1.54, 1.807) is 7.11 Å². The predicted molar refractivity (Wildman–Crippen MR) is 72.9 cm³/mol. The number of Topliss-reactive ketones (excluding diaryl/α,β-unsaturated/α-hetero) is 1. The van der Waals surface area contributed by atoms with Crippen molar-refractivity contribution >= 4 is 5.78 Å². The first-order valence-corrected chi connectivity index (χ1v) is 6.95. The molecule has 2 nitrogen and oxygen atoms in total. The highest BCUT2D eigenvalue weighted by Gasteiger charge is 2.19. The van der Waals surface area contributed by atoms with Gasteiger partial charge in [-0.1, -0.05) is 37.8 Å². The highest BCUT2D eigenvalue weighted by atomic mass is 16.5. The van der Waals surface area contributed by atoms with Crippen molar-refractivity contribution in [2.75, 3.05) is 7.11 Å². The zero-order valence-electron chi connectivity index (χ0n) is 11.2. The third kappa shape index (κ3) is 3.59. The summed E-state index contributed by atoms with van der Waals surface area (Å²) in [5.74, 6) is 1.57. The Balaban J connectivity index is 1.92. The monoisotopic (exact) mass is 246 g/mol. The number of methoxy groups -OCH3 is 1. The fourth-order valence-electron chi connectivity index (χ4n) is 2.69. The van der Waals surface area contributed by atoms with Crippen molar-refractivity contribution < 1.29 is 9.53 Å². The van der Waals surface area contributed by atoms with Gasteiger partial charge in [0.15, 0.2) is 0 Å². The third-order valence-electron chi connectivity index (χ3n) is 3.85. The van der Waals surface area contributed by atoms with Crippen LogP contribution in [-0.2, 0) is 11.2 Å². The molecule has 18 heavy (non-hydrogen) atoms. The number of benzene rings is 1. The first kappa shape index (κ1) is 13.1. The second-order valence-electron chi connectivity index (χ2n) is 5.18. The molecule has 0 radical (unpaired) electrons. The quantitative estimate of drug-likeness (QED) is 0.756. The Kier molecular flexibility index (Phi) is 4.80. The molecule has 0 heterocycles. The maximum absolute atomic E-state index is 12.2. The van der Waals surface area contributed by atoms with Crippen LogP contribution in [0.15, 0.2) is 24.3 Å². The fourth-order valence-corrected chi connectivity index (χ4v) is 2.69. The lowest BCUT2D eigenvalue weighted by molar-refractivity contribution is -0.122. The molecule has 1 aromatic rings. The van der Waals surface area contributed by atoms with Crippen molar-refractivity contribution in [3.05, 3.63) is 29.8 Å². The minimum Gasteiger partial charge on any atom is -0.497 e. The van der Waals surface area contributed by atoms with Crippen molar-refractivity contribution in [3.63, 3.8) is 0 Å². The van der Waals surface area contributed by atoms with Gasteiger partial charge in [0.2, 0.25) is 0 Å². The number of carbonyl (C=O) groups is 1. The number of ether oxygens (including phenoxy) is 1. The lowest BCUT2D eigenvalue weighted by Crippen LogP contribution is -2.16. The summed E-state index contributed by atoms with van der Waals surface area (Å²) < 4.78 is 5.12. The second kappa shape index (κ2) is 6.58. The van der Waals surface area contributed by atoms with Gasteiger partial charge in [0.25, 0.3) is 0 Å². The summed E-state index contributed by atoms with van der Waals surface area (Å²) in [6.07, 6.45) is 7.80.